The summed E-state index contributed by atoms with van der Waals surface area (Å²) in [6, 6.07) is 0.188. The average Bonchev–Trinajstić information content (AvgIpc) is 3.40. The third-order valence-electron chi connectivity index (χ3n) is 5.52. The number of aliphatic carboxylic acids is 1. The van der Waals surface area contributed by atoms with E-state index in [1.807, 2.05) is 13.1 Å². The van der Waals surface area contributed by atoms with Gasteiger partial charge >= 0.3 is 5.97 Å². The molecule has 3 aliphatic carbocycles. The second kappa shape index (κ2) is 5.28. The lowest BCUT2D eigenvalue weighted by atomic mass is 9.86. The predicted molar refractivity (Wildman–Crippen MR) is 81.6 cm³/mol. The number of carboxylic acid groups (broad SMARTS) is 1. The van der Waals surface area contributed by atoms with Crippen molar-refractivity contribution < 1.29 is 14.7 Å². The standard InChI is InChI=1S/C17H21N3O3/c1-8-18-7-10-4-9(2-3-14(10)19-8)16(21)20-15-6-12(15)11-5-13(11)17(22)23/h7,9,11-13,15H,2-6H2,1H3,(H,20,21)(H,22,23)/t9?,11-,12+,13-,15+/m0/s1. The molecule has 1 unspecified atom stereocenters. The molecule has 1 amide bonds. The lowest BCUT2D eigenvalue weighted by molar-refractivity contribution is -0.138. The molecule has 4 rings (SSSR count). The van der Waals surface area contributed by atoms with Gasteiger partial charge in [0, 0.05) is 23.9 Å². The number of nitrogens with zero attached hydrogens (tertiary/aromatic N) is 2. The van der Waals surface area contributed by atoms with Crippen LogP contribution in [0.2, 0.25) is 0 Å². The molecule has 122 valence electrons. The Kier molecular flexibility index (Phi) is 3.36. The number of amides is 1. The van der Waals surface area contributed by atoms with E-state index in [0.717, 1.165) is 42.8 Å². The minimum absolute atomic E-state index is 0.00969. The molecule has 0 radical (unpaired) electrons. The van der Waals surface area contributed by atoms with Crippen molar-refractivity contribution in [1.29, 1.82) is 0 Å². The zero-order chi connectivity index (χ0) is 16.1. The summed E-state index contributed by atoms with van der Waals surface area (Å²) in [6.07, 6.45) is 5.92. The first-order valence-electron chi connectivity index (χ1n) is 8.37. The number of nitrogens with one attached hydrogen (secondary N) is 1. The van der Waals surface area contributed by atoms with Gasteiger partial charge in [0.2, 0.25) is 5.91 Å². The number of hydrogen-bond acceptors (Lipinski definition) is 4. The number of carboxylic acids is 1. The maximum atomic E-state index is 12.5. The topological polar surface area (TPSA) is 92.2 Å². The fourth-order valence-electron chi connectivity index (χ4n) is 3.96. The van der Waals surface area contributed by atoms with Gasteiger partial charge in [-0.05, 0) is 56.4 Å². The SMILES string of the molecule is Cc1ncc2c(n1)CCC(C(=O)N[C@@H]1C[C@@H]1[C@@H]1C[C@@H]1C(=O)O)C2. The second-order valence-electron chi connectivity index (χ2n) is 7.19. The van der Waals surface area contributed by atoms with E-state index in [-0.39, 0.29) is 29.7 Å². The molecule has 23 heavy (non-hydrogen) atoms. The quantitative estimate of drug-likeness (QED) is 0.868. The maximum Gasteiger partial charge on any atom is 0.306 e. The normalized spacial score (nSPS) is 34.4. The summed E-state index contributed by atoms with van der Waals surface area (Å²) in [5.41, 5.74) is 2.16. The first-order chi connectivity index (χ1) is 11.0. The maximum absolute atomic E-state index is 12.5. The van der Waals surface area contributed by atoms with E-state index in [0.29, 0.717) is 12.3 Å². The van der Waals surface area contributed by atoms with Gasteiger partial charge in [-0.15, -0.1) is 0 Å². The molecular formula is C17H21N3O3. The molecule has 0 aromatic carbocycles. The van der Waals surface area contributed by atoms with Crippen molar-refractivity contribution in [1.82, 2.24) is 15.3 Å². The zero-order valence-electron chi connectivity index (χ0n) is 13.2. The zero-order valence-corrected chi connectivity index (χ0v) is 13.2. The molecule has 2 saturated carbocycles. The molecule has 1 aromatic rings. The van der Waals surface area contributed by atoms with E-state index in [1.165, 1.54) is 0 Å². The van der Waals surface area contributed by atoms with Crippen molar-refractivity contribution in [3.05, 3.63) is 23.3 Å². The van der Waals surface area contributed by atoms with Gasteiger partial charge in [0.1, 0.15) is 5.82 Å². The van der Waals surface area contributed by atoms with Crippen LogP contribution in [0.1, 0.15) is 36.3 Å². The highest BCUT2D eigenvalue weighted by Gasteiger charge is 2.57. The van der Waals surface area contributed by atoms with Crippen molar-refractivity contribution in [3.63, 3.8) is 0 Å². The Balaban J connectivity index is 1.31. The summed E-state index contributed by atoms with van der Waals surface area (Å²) in [6.45, 7) is 1.88. The second-order valence-corrected chi connectivity index (χ2v) is 7.19. The number of rotatable bonds is 4. The van der Waals surface area contributed by atoms with Gasteiger partial charge in [0.05, 0.1) is 5.92 Å². The molecule has 0 bridgehead atoms. The van der Waals surface area contributed by atoms with Gasteiger partial charge in [-0.1, -0.05) is 0 Å². The smallest absolute Gasteiger partial charge is 0.306 e. The molecule has 0 spiro atoms. The third-order valence-corrected chi connectivity index (χ3v) is 5.52. The summed E-state index contributed by atoms with van der Waals surface area (Å²) >= 11 is 0. The third kappa shape index (κ3) is 2.82. The van der Waals surface area contributed by atoms with Crippen molar-refractivity contribution in [2.75, 3.05) is 0 Å². The van der Waals surface area contributed by atoms with Gasteiger partial charge < -0.3 is 10.4 Å². The molecule has 1 aromatic heterocycles. The van der Waals surface area contributed by atoms with Gasteiger partial charge in [0.15, 0.2) is 0 Å². The van der Waals surface area contributed by atoms with Gasteiger partial charge in [0.25, 0.3) is 0 Å². The Morgan fingerprint density at radius 3 is 2.87 bits per heavy atom. The van der Waals surface area contributed by atoms with E-state index in [1.54, 1.807) is 0 Å². The van der Waals surface area contributed by atoms with E-state index >= 15 is 0 Å². The molecule has 2 N–H and O–H groups in total. The number of hydrogen-bond donors (Lipinski definition) is 2. The minimum Gasteiger partial charge on any atom is -0.481 e. The number of carbonyl (C=O) groups is 2. The monoisotopic (exact) mass is 315 g/mol. The van der Waals surface area contributed by atoms with Crippen LogP contribution < -0.4 is 5.32 Å². The van der Waals surface area contributed by atoms with Crippen molar-refractivity contribution in [2.24, 2.45) is 23.7 Å². The molecule has 5 atom stereocenters. The van der Waals surface area contributed by atoms with E-state index in [9.17, 15) is 9.59 Å². The molecule has 2 fully saturated rings. The van der Waals surface area contributed by atoms with Crippen LogP contribution in [-0.2, 0) is 22.4 Å². The fourth-order valence-corrected chi connectivity index (χ4v) is 3.96. The average molecular weight is 315 g/mol. The number of aromatic nitrogens is 2. The first-order valence-corrected chi connectivity index (χ1v) is 8.37. The highest BCUT2D eigenvalue weighted by Crippen LogP contribution is 2.54. The molecule has 0 saturated heterocycles. The minimum atomic E-state index is -0.689. The summed E-state index contributed by atoms with van der Waals surface area (Å²) in [5.74, 6) is 0.670. The first kappa shape index (κ1) is 14.6. The Morgan fingerprint density at radius 1 is 1.30 bits per heavy atom. The number of aryl methyl sites for hydroxylation is 2. The van der Waals surface area contributed by atoms with Crippen LogP contribution in [0.3, 0.4) is 0 Å². The lowest BCUT2D eigenvalue weighted by Gasteiger charge is -2.23. The van der Waals surface area contributed by atoms with Crippen molar-refractivity contribution in [3.8, 4) is 0 Å². The van der Waals surface area contributed by atoms with Crippen LogP contribution in [0.4, 0.5) is 0 Å². The number of fused-ring (bicyclic) bond motifs is 1. The summed E-state index contributed by atoms with van der Waals surface area (Å²) in [5, 5.41) is 12.1. The van der Waals surface area contributed by atoms with Gasteiger partial charge in [-0.25, -0.2) is 9.97 Å². The highest BCUT2D eigenvalue weighted by molar-refractivity contribution is 5.80. The molecule has 6 heteroatoms. The Labute approximate surface area is 134 Å². The molecule has 0 aliphatic heterocycles. The van der Waals surface area contributed by atoms with E-state index in [4.69, 9.17) is 5.11 Å². The predicted octanol–water partition coefficient (Wildman–Crippen LogP) is 1.12. The molecule has 3 aliphatic rings. The number of carbonyl (C=O) groups excluding carboxylic acids is 1. The Bertz CT molecular complexity index is 675. The van der Waals surface area contributed by atoms with Crippen LogP contribution in [0.25, 0.3) is 0 Å². The van der Waals surface area contributed by atoms with E-state index in [2.05, 4.69) is 15.3 Å². The van der Waals surface area contributed by atoms with Crippen LogP contribution in [0, 0.1) is 30.6 Å². The molecule has 6 nitrogen and oxygen atoms in total. The molecular weight excluding hydrogens is 294 g/mol. The van der Waals surface area contributed by atoms with Gasteiger partial charge in [-0.3, -0.25) is 9.59 Å². The summed E-state index contributed by atoms with van der Waals surface area (Å²) in [4.78, 5) is 32.1. The Hall–Kier alpha value is -1.98. The van der Waals surface area contributed by atoms with Crippen molar-refractivity contribution >= 4 is 11.9 Å². The summed E-state index contributed by atoms with van der Waals surface area (Å²) in [7, 11) is 0. The van der Waals surface area contributed by atoms with Crippen molar-refractivity contribution in [2.45, 2.75) is 45.1 Å². The van der Waals surface area contributed by atoms with Crippen LogP contribution in [0.5, 0.6) is 0 Å². The molecule has 1 heterocycles. The van der Waals surface area contributed by atoms with Crippen LogP contribution >= 0.6 is 0 Å². The summed E-state index contributed by atoms with van der Waals surface area (Å²) < 4.78 is 0. The Morgan fingerprint density at radius 2 is 2.13 bits per heavy atom. The fraction of sp³-hybridized carbons (Fsp3) is 0.647. The largest absolute Gasteiger partial charge is 0.481 e. The lowest BCUT2D eigenvalue weighted by Crippen LogP contribution is -2.36. The van der Waals surface area contributed by atoms with Crippen LogP contribution in [0.15, 0.2) is 6.20 Å². The van der Waals surface area contributed by atoms with Crippen LogP contribution in [-0.4, -0.2) is 33.0 Å². The highest BCUT2D eigenvalue weighted by atomic mass is 16.4. The van der Waals surface area contributed by atoms with E-state index < -0.39 is 5.97 Å². The van der Waals surface area contributed by atoms with Gasteiger partial charge in [-0.2, -0.15) is 0 Å².